The molecule has 3 nitrogen and oxygen atoms in total. The molecule has 5 heteroatoms. The average Bonchev–Trinajstić information content (AvgIpc) is 2.16. The molecule has 0 bridgehead atoms. The fourth-order valence-electron chi connectivity index (χ4n) is 1.71. The van der Waals surface area contributed by atoms with Gasteiger partial charge in [-0.25, -0.2) is 17.5 Å². The van der Waals surface area contributed by atoms with Gasteiger partial charge in [0.15, 0.2) is 0 Å². The van der Waals surface area contributed by atoms with E-state index in [4.69, 9.17) is 0 Å². The van der Waals surface area contributed by atoms with E-state index in [2.05, 4.69) is 4.72 Å². The smallest absolute Gasteiger partial charge is 0.207 e. The van der Waals surface area contributed by atoms with E-state index in [1.807, 2.05) is 20.8 Å². The molecule has 0 fully saturated rings. The predicted molar refractivity (Wildman–Crippen MR) is 65.7 cm³/mol. The molecule has 0 amide bonds. The zero-order chi connectivity index (χ0) is 13.1. The minimum atomic E-state index is -3.57. The first-order valence-electron chi connectivity index (χ1n) is 5.56. The maximum atomic E-state index is 12.7. The van der Waals surface area contributed by atoms with Crippen LogP contribution in [0.5, 0.6) is 0 Å². The summed E-state index contributed by atoms with van der Waals surface area (Å²) in [5, 5.41) is 0. The molecule has 17 heavy (non-hydrogen) atoms. The highest BCUT2D eigenvalue weighted by Crippen LogP contribution is 2.17. The number of hydrogen-bond acceptors (Lipinski definition) is 2. The van der Waals surface area contributed by atoms with Crippen LogP contribution in [0.15, 0.2) is 29.2 Å². The Hall–Kier alpha value is -0.940. The zero-order valence-corrected chi connectivity index (χ0v) is 11.1. The summed E-state index contributed by atoms with van der Waals surface area (Å²) < 4.78 is 39.3. The van der Waals surface area contributed by atoms with E-state index in [-0.39, 0.29) is 4.90 Å². The zero-order valence-electron chi connectivity index (χ0n) is 10.3. The predicted octanol–water partition coefficient (Wildman–Crippen LogP) is 2.68. The van der Waals surface area contributed by atoms with Gasteiger partial charge in [0.25, 0.3) is 0 Å². The van der Waals surface area contributed by atoms with Crippen LogP contribution in [0.3, 0.4) is 0 Å². The van der Waals surface area contributed by atoms with E-state index >= 15 is 0 Å². The molecule has 0 saturated heterocycles. The minimum Gasteiger partial charge on any atom is -0.207 e. The molecule has 0 aliphatic carbocycles. The van der Waals surface area contributed by atoms with E-state index in [0.717, 1.165) is 25.0 Å². The van der Waals surface area contributed by atoms with Gasteiger partial charge in [-0.05, 0) is 44.5 Å². The summed E-state index contributed by atoms with van der Waals surface area (Å²) in [5.74, 6) is -0.447. The molecule has 96 valence electrons. The van der Waals surface area contributed by atoms with Gasteiger partial charge in [-0.15, -0.1) is 0 Å². The Morgan fingerprint density at radius 1 is 1.24 bits per heavy atom. The SMILES string of the molecule is CCCC(C)(C)NS(=O)(=O)c1ccc(F)cc1. The second-order valence-corrected chi connectivity index (χ2v) is 6.38. The molecule has 0 spiro atoms. The average molecular weight is 259 g/mol. The number of sulfonamides is 1. The molecule has 0 atom stereocenters. The molecule has 0 aliphatic rings. The second kappa shape index (κ2) is 5.14. The lowest BCUT2D eigenvalue weighted by Crippen LogP contribution is -2.43. The number of rotatable bonds is 5. The summed E-state index contributed by atoms with van der Waals surface area (Å²) >= 11 is 0. The first-order valence-corrected chi connectivity index (χ1v) is 7.05. The molecule has 1 N–H and O–H groups in total. The molecular weight excluding hydrogens is 241 g/mol. The van der Waals surface area contributed by atoms with E-state index in [0.29, 0.717) is 0 Å². The maximum absolute atomic E-state index is 12.7. The van der Waals surface area contributed by atoms with Crippen LogP contribution < -0.4 is 4.72 Å². The molecule has 0 heterocycles. The van der Waals surface area contributed by atoms with Crippen molar-refractivity contribution in [3.8, 4) is 0 Å². The van der Waals surface area contributed by atoms with E-state index in [1.54, 1.807) is 0 Å². The summed E-state index contributed by atoms with van der Waals surface area (Å²) in [6.45, 7) is 5.66. The highest BCUT2D eigenvalue weighted by molar-refractivity contribution is 7.89. The quantitative estimate of drug-likeness (QED) is 0.883. The number of nitrogens with one attached hydrogen (secondary N) is 1. The summed E-state index contributed by atoms with van der Waals surface area (Å²) in [6, 6.07) is 4.81. The molecular formula is C12H18FNO2S. The van der Waals surface area contributed by atoms with Crippen molar-refractivity contribution in [1.29, 1.82) is 0 Å². The van der Waals surface area contributed by atoms with Crippen molar-refractivity contribution in [3.63, 3.8) is 0 Å². The molecule has 1 aromatic rings. The summed E-state index contributed by atoms with van der Waals surface area (Å²) in [4.78, 5) is 0.0862. The van der Waals surface area contributed by atoms with Gasteiger partial charge in [0, 0.05) is 5.54 Å². The molecule has 1 aromatic carbocycles. The number of hydrogen-bond donors (Lipinski definition) is 1. The molecule has 0 saturated carbocycles. The van der Waals surface area contributed by atoms with Gasteiger partial charge < -0.3 is 0 Å². The Bertz CT molecular complexity index is 466. The van der Waals surface area contributed by atoms with Gasteiger partial charge in [0.1, 0.15) is 5.82 Å². The Morgan fingerprint density at radius 2 is 1.76 bits per heavy atom. The molecule has 0 unspecified atom stereocenters. The fourth-order valence-corrected chi connectivity index (χ4v) is 3.15. The Kier molecular flexibility index (Phi) is 4.27. The van der Waals surface area contributed by atoms with E-state index in [1.165, 1.54) is 12.1 Å². The van der Waals surface area contributed by atoms with Crippen molar-refractivity contribution >= 4 is 10.0 Å². The van der Waals surface area contributed by atoms with Crippen molar-refractivity contribution in [3.05, 3.63) is 30.1 Å². The maximum Gasteiger partial charge on any atom is 0.241 e. The van der Waals surface area contributed by atoms with Crippen LogP contribution in [-0.4, -0.2) is 14.0 Å². The van der Waals surface area contributed by atoms with Crippen molar-refractivity contribution < 1.29 is 12.8 Å². The molecule has 0 aliphatic heterocycles. The first-order chi connectivity index (χ1) is 7.77. The number of benzene rings is 1. The van der Waals surface area contributed by atoms with Gasteiger partial charge in [-0.2, -0.15) is 0 Å². The third kappa shape index (κ3) is 4.09. The molecule has 0 radical (unpaired) electrons. The van der Waals surface area contributed by atoms with Crippen molar-refractivity contribution in [1.82, 2.24) is 4.72 Å². The Labute approximate surface area is 102 Å². The van der Waals surface area contributed by atoms with Crippen LogP contribution in [0.2, 0.25) is 0 Å². The van der Waals surface area contributed by atoms with Crippen LogP contribution in [0.25, 0.3) is 0 Å². The molecule has 1 rings (SSSR count). The number of halogens is 1. The Morgan fingerprint density at radius 3 is 2.24 bits per heavy atom. The Balaban J connectivity index is 2.93. The summed E-state index contributed by atoms with van der Waals surface area (Å²) in [7, 11) is -3.57. The van der Waals surface area contributed by atoms with E-state index < -0.39 is 21.4 Å². The van der Waals surface area contributed by atoms with Gasteiger partial charge >= 0.3 is 0 Å². The normalized spacial score (nSPS) is 12.7. The largest absolute Gasteiger partial charge is 0.241 e. The van der Waals surface area contributed by atoms with Crippen LogP contribution in [-0.2, 0) is 10.0 Å². The van der Waals surface area contributed by atoms with Crippen molar-refractivity contribution in [2.45, 2.75) is 44.0 Å². The molecule has 0 aromatic heterocycles. The van der Waals surface area contributed by atoms with E-state index in [9.17, 15) is 12.8 Å². The van der Waals surface area contributed by atoms with Gasteiger partial charge in [0.2, 0.25) is 10.0 Å². The second-order valence-electron chi connectivity index (χ2n) is 4.69. The van der Waals surface area contributed by atoms with Crippen LogP contribution in [0, 0.1) is 5.82 Å². The van der Waals surface area contributed by atoms with Crippen LogP contribution >= 0.6 is 0 Å². The van der Waals surface area contributed by atoms with Crippen molar-refractivity contribution in [2.75, 3.05) is 0 Å². The van der Waals surface area contributed by atoms with Gasteiger partial charge in [-0.1, -0.05) is 13.3 Å². The highest BCUT2D eigenvalue weighted by Gasteiger charge is 2.25. The highest BCUT2D eigenvalue weighted by atomic mass is 32.2. The minimum absolute atomic E-state index is 0.0862. The standard InChI is InChI=1S/C12H18FNO2S/c1-4-9-12(2,3)14-17(15,16)11-7-5-10(13)6-8-11/h5-8,14H,4,9H2,1-3H3. The first kappa shape index (κ1) is 14.1. The topological polar surface area (TPSA) is 46.2 Å². The summed E-state index contributed by atoms with van der Waals surface area (Å²) in [6.07, 6.45) is 1.63. The third-order valence-electron chi connectivity index (χ3n) is 2.41. The lowest BCUT2D eigenvalue weighted by Gasteiger charge is -2.25. The van der Waals surface area contributed by atoms with Crippen molar-refractivity contribution in [2.24, 2.45) is 0 Å². The van der Waals surface area contributed by atoms with Gasteiger partial charge in [-0.3, -0.25) is 0 Å². The lowest BCUT2D eigenvalue weighted by atomic mass is 10.0. The van der Waals surface area contributed by atoms with Crippen LogP contribution in [0.4, 0.5) is 4.39 Å². The third-order valence-corrected chi connectivity index (χ3v) is 4.12. The van der Waals surface area contributed by atoms with Crippen LogP contribution in [0.1, 0.15) is 33.6 Å². The summed E-state index contributed by atoms with van der Waals surface area (Å²) in [5.41, 5.74) is -0.498. The fraction of sp³-hybridized carbons (Fsp3) is 0.500. The lowest BCUT2D eigenvalue weighted by molar-refractivity contribution is 0.417. The monoisotopic (exact) mass is 259 g/mol. The van der Waals surface area contributed by atoms with Gasteiger partial charge in [0.05, 0.1) is 4.90 Å².